The van der Waals surface area contributed by atoms with Crippen molar-refractivity contribution in [1.82, 2.24) is 4.72 Å². The molecule has 2 atom stereocenters. The first-order valence-electron chi connectivity index (χ1n) is 6.87. The Bertz CT molecular complexity index is 587. The summed E-state index contributed by atoms with van der Waals surface area (Å²) < 4.78 is 37.5. The van der Waals surface area contributed by atoms with Gasteiger partial charge >= 0.3 is 0 Å². The molecule has 0 saturated heterocycles. The molecule has 2 rings (SSSR count). The first-order valence-corrected chi connectivity index (χ1v) is 8.36. The van der Waals surface area contributed by atoms with Gasteiger partial charge in [-0.1, -0.05) is 6.42 Å². The summed E-state index contributed by atoms with van der Waals surface area (Å²) in [7, 11) is -0.822. The monoisotopic (exact) mass is 315 g/mol. The molecule has 0 spiro atoms. The van der Waals surface area contributed by atoms with E-state index in [1.54, 1.807) is 12.1 Å². The molecular weight excluding hydrogens is 294 g/mol. The number of rotatable bonds is 6. The molecule has 118 valence electrons. The number of nitrogens with one attached hydrogen (secondary N) is 1. The lowest BCUT2D eigenvalue weighted by molar-refractivity contribution is 0.134. The molecule has 2 unspecified atom stereocenters. The summed E-state index contributed by atoms with van der Waals surface area (Å²) in [6, 6.07) is 4.61. The Hall–Kier alpha value is -1.31. The van der Waals surface area contributed by atoms with E-state index >= 15 is 0 Å². The topological polar surface area (TPSA) is 84.9 Å². The molecule has 7 heteroatoms. The van der Waals surface area contributed by atoms with Crippen LogP contribution < -0.4 is 14.2 Å². The zero-order valence-corrected chi connectivity index (χ0v) is 13.0. The van der Waals surface area contributed by atoms with Crippen LogP contribution >= 0.6 is 0 Å². The Morgan fingerprint density at radius 2 is 2.05 bits per heavy atom. The third kappa shape index (κ3) is 3.66. The summed E-state index contributed by atoms with van der Waals surface area (Å²) in [5.74, 6) is 0.670. The molecule has 0 aliphatic heterocycles. The third-order valence-electron chi connectivity index (χ3n) is 3.81. The Balaban J connectivity index is 2.18. The number of hydrogen-bond donors (Lipinski definition) is 2. The van der Waals surface area contributed by atoms with Crippen LogP contribution in [0, 0.1) is 5.92 Å². The van der Waals surface area contributed by atoms with Gasteiger partial charge in [-0.2, -0.15) is 0 Å². The Kier molecular flexibility index (Phi) is 5.08. The highest BCUT2D eigenvalue weighted by Crippen LogP contribution is 2.29. The second kappa shape index (κ2) is 6.64. The molecule has 0 heterocycles. The van der Waals surface area contributed by atoms with E-state index in [1.165, 1.54) is 20.3 Å². The van der Waals surface area contributed by atoms with Gasteiger partial charge in [0.25, 0.3) is 0 Å². The van der Waals surface area contributed by atoms with E-state index in [2.05, 4.69) is 4.72 Å². The zero-order valence-electron chi connectivity index (χ0n) is 12.2. The van der Waals surface area contributed by atoms with E-state index in [1.807, 2.05) is 0 Å². The molecule has 0 bridgehead atoms. The molecule has 1 aromatic rings. The van der Waals surface area contributed by atoms with Gasteiger partial charge < -0.3 is 14.6 Å². The second-order valence-electron chi connectivity index (χ2n) is 5.13. The highest BCUT2D eigenvalue weighted by atomic mass is 32.2. The lowest BCUT2D eigenvalue weighted by Crippen LogP contribution is -2.32. The van der Waals surface area contributed by atoms with Crippen molar-refractivity contribution in [2.24, 2.45) is 5.92 Å². The van der Waals surface area contributed by atoms with Gasteiger partial charge in [0.1, 0.15) is 16.4 Å². The molecule has 2 N–H and O–H groups in total. The molecule has 1 fully saturated rings. The van der Waals surface area contributed by atoms with Gasteiger partial charge in [0.15, 0.2) is 0 Å². The number of aliphatic hydroxyl groups excluding tert-OH is 1. The second-order valence-corrected chi connectivity index (χ2v) is 6.86. The van der Waals surface area contributed by atoms with Gasteiger partial charge in [0.2, 0.25) is 10.0 Å². The summed E-state index contributed by atoms with van der Waals surface area (Å²) in [5.41, 5.74) is 0. The first kappa shape index (κ1) is 16.1. The van der Waals surface area contributed by atoms with Crippen LogP contribution in [0.5, 0.6) is 11.5 Å². The molecule has 1 aromatic carbocycles. The number of hydrogen-bond acceptors (Lipinski definition) is 5. The summed E-state index contributed by atoms with van der Waals surface area (Å²) in [6.07, 6.45) is 2.06. The number of sulfonamides is 1. The van der Waals surface area contributed by atoms with Gasteiger partial charge in [-0.15, -0.1) is 0 Å². The molecule has 0 radical (unpaired) electrons. The van der Waals surface area contributed by atoms with E-state index in [9.17, 15) is 13.5 Å². The first-order chi connectivity index (χ1) is 9.97. The van der Waals surface area contributed by atoms with Crippen molar-refractivity contribution in [1.29, 1.82) is 0 Å². The van der Waals surface area contributed by atoms with Crippen LogP contribution in [-0.2, 0) is 10.0 Å². The minimum atomic E-state index is -3.71. The fourth-order valence-corrected chi connectivity index (χ4v) is 3.82. The zero-order chi connectivity index (χ0) is 15.5. The lowest BCUT2D eigenvalue weighted by atomic mass is 10.1. The molecular formula is C14H21NO5S. The minimum absolute atomic E-state index is 0.0311. The smallest absolute Gasteiger partial charge is 0.244 e. The maximum atomic E-state index is 12.4. The van der Waals surface area contributed by atoms with Gasteiger partial charge in [0, 0.05) is 12.6 Å². The summed E-state index contributed by atoms with van der Waals surface area (Å²) >= 11 is 0. The average Bonchev–Trinajstić information content (AvgIpc) is 2.90. The highest BCUT2D eigenvalue weighted by Gasteiger charge is 2.28. The minimum Gasteiger partial charge on any atom is -0.497 e. The number of methoxy groups -OCH3 is 2. The van der Waals surface area contributed by atoms with Crippen molar-refractivity contribution in [2.45, 2.75) is 30.3 Å². The number of ether oxygens (including phenoxy) is 2. The Labute approximate surface area is 125 Å². The average molecular weight is 315 g/mol. The van der Waals surface area contributed by atoms with Crippen LogP contribution in [0.4, 0.5) is 0 Å². The largest absolute Gasteiger partial charge is 0.497 e. The van der Waals surface area contributed by atoms with Gasteiger partial charge in [0.05, 0.1) is 20.3 Å². The van der Waals surface area contributed by atoms with Crippen LogP contribution in [-0.4, -0.2) is 40.4 Å². The van der Waals surface area contributed by atoms with E-state index < -0.39 is 16.1 Å². The third-order valence-corrected chi connectivity index (χ3v) is 5.26. The molecule has 1 aliphatic rings. The number of benzene rings is 1. The van der Waals surface area contributed by atoms with Crippen molar-refractivity contribution in [2.75, 3.05) is 20.8 Å². The van der Waals surface area contributed by atoms with E-state index in [0.29, 0.717) is 5.75 Å². The van der Waals surface area contributed by atoms with Gasteiger partial charge in [-0.3, -0.25) is 0 Å². The van der Waals surface area contributed by atoms with Crippen LogP contribution in [0.25, 0.3) is 0 Å². The lowest BCUT2D eigenvalue weighted by Gasteiger charge is -2.16. The Morgan fingerprint density at radius 3 is 2.62 bits per heavy atom. The van der Waals surface area contributed by atoms with Crippen molar-refractivity contribution in [3.8, 4) is 11.5 Å². The highest BCUT2D eigenvalue weighted by molar-refractivity contribution is 7.89. The maximum absolute atomic E-state index is 12.4. The van der Waals surface area contributed by atoms with E-state index in [-0.39, 0.29) is 23.1 Å². The van der Waals surface area contributed by atoms with Crippen molar-refractivity contribution in [3.63, 3.8) is 0 Å². The van der Waals surface area contributed by atoms with Crippen molar-refractivity contribution < 1.29 is 23.0 Å². The van der Waals surface area contributed by atoms with E-state index in [4.69, 9.17) is 9.47 Å². The van der Waals surface area contributed by atoms with Crippen LogP contribution in [0.2, 0.25) is 0 Å². The molecule has 6 nitrogen and oxygen atoms in total. The normalized spacial score (nSPS) is 22.2. The maximum Gasteiger partial charge on any atom is 0.244 e. The van der Waals surface area contributed by atoms with Crippen molar-refractivity contribution >= 4 is 10.0 Å². The fraction of sp³-hybridized carbons (Fsp3) is 0.571. The Morgan fingerprint density at radius 1 is 1.29 bits per heavy atom. The molecule has 1 aliphatic carbocycles. The quantitative estimate of drug-likeness (QED) is 0.822. The number of aliphatic hydroxyl groups is 1. The predicted octanol–water partition coefficient (Wildman–Crippen LogP) is 1.14. The van der Waals surface area contributed by atoms with Crippen molar-refractivity contribution in [3.05, 3.63) is 18.2 Å². The molecule has 1 saturated carbocycles. The van der Waals surface area contributed by atoms with Crippen LogP contribution in [0.15, 0.2) is 23.1 Å². The molecule has 0 aromatic heterocycles. The summed E-state index contributed by atoms with van der Waals surface area (Å²) in [5, 5.41) is 9.76. The van der Waals surface area contributed by atoms with Crippen LogP contribution in [0.3, 0.4) is 0 Å². The SMILES string of the molecule is COc1ccc(OC)c(S(=O)(=O)NCC2CCCC2O)c1. The van der Waals surface area contributed by atoms with Gasteiger partial charge in [-0.05, 0) is 30.9 Å². The molecule has 21 heavy (non-hydrogen) atoms. The summed E-state index contributed by atoms with van der Waals surface area (Å²) in [6.45, 7) is 0.226. The van der Waals surface area contributed by atoms with E-state index in [0.717, 1.165) is 19.3 Å². The standard InChI is InChI=1S/C14H21NO5S/c1-19-11-6-7-13(20-2)14(8-11)21(17,18)15-9-10-4-3-5-12(10)16/h6-8,10,12,15-16H,3-5,9H2,1-2H3. The summed E-state index contributed by atoms with van der Waals surface area (Å²) in [4.78, 5) is 0.0387. The molecule has 0 amide bonds. The fourth-order valence-electron chi connectivity index (χ4n) is 2.54. The predicted molar refractivity (Wildman–Crippen MR) is 78.1 cm³/mol. The van der Waals surface area contributed by atoms with Gasteiger partial charge in [-0.25, -0.2) is 13.1 Å². The van der Waals surface area contributed by atoms with Crippen LogP contribution in [0.1, 0.15) is 19.3 Å².